The molecule has 0 saturated carbocycles. The normalized spacial score (nSPS) is 10.8. The van der Waals surface area contributed by atoms with E-state index in [0.29, 0.717) is 23.5 Å². The molecule has 0 atom stereocenters. The Hall–Kier alpha value is -2.90. The highest BCUT2D eigenvalue weighted by Gasteiger charge is 2.12. The van der Waals surface area contributed by atoms with E-state index in [-0.39, 0.29) is 11.7 Å². The van der Waals surface area contributed by atoms with Crippen LogP contribution in [0.25, 0.3) is 11.1 Å². The topological polar surface area (TPSA) is 107 Å². The summed E-state index contributed by atoms with van der Waals surface area (Å²) in [4.78, 5) is 18.4. The van der Waals surface area contributed by atoms with Gasteiger partial charge in [-0.1, -0.05) is 0 Å². The van der Waals surface area contributed by atoms with Gasteiger partial charge in [0.25, 0.3) is 11.7 Å². The second-order valence-corrected chi connectivity index (χ2v) is 4.15. The molecule has 0 aliphatic carbocycles. The molecule has 0 aliphatic rings. The Morgan fingerprint density at radius 3 is 2.95 bits per heavy atom. The van der Waals surface area contributed by atoms with Crippen LogP contribution in [-0.4, -0.2) is 14.9 Å². The molecule has 3 rings (SSSR count). The molecular formula is C12H10N4O4. The van der Waals surface area contributed by atoms with Gasteiger partial charge >= 0.3 is 0 Å². The second-order valence-electron chi connectivity index (χ2n) is 4.15. The fourth-order valence-corrected chi connectivity index (χ4v) is 1.74. The molecule has 0 spiro atoms. The molecule has 0 amide bonds. The molecule has 0 fully saturated rings. The fourth-order valence-electron chi connectivity index (χ4n) is 1.74. The number of aryl methyl sites for hydroxylation is 1. The number of fused-ring (bicyclic) bond motifs is 1. The van der Waals surface area contributed by atoms with E-state index < -0.39 is 4.92 Å². The fraction of sp³-hybridized carbons (Fsp3) is 0.167. The highest BCUT2D eigenvalue weighted by atomic mass is 16.6. The number of hydrogen-bond acceptors (Lipinski definition) is 7. The minimum absolute atomic E-state index is 0.0272. The molecule has 0 radical (unpaired) electrons. The van der Waals surface area contributed by atoms with Gasteiger partial charge in [0.15, 0.2) is 5.58 Å². The molecule has 0 unspecified atom stereocenters. The van der Waals surface area contributed by atoms with Crippen LogP contribution in [0.3, 0.4) is 0 Å². The Labute approximate surface area is 112 Å². The number of nitro benzene ring substituents is 1. The van der Waals surface area contributed by atoms with Crippen molar-refractivity contribution in [2.75, 3.05) is 5.32 Å². The Bertz CT molecular complexity index is 777. The largest absolute Gasteiger partial charge is 0.444 e. The molecule has 1 N–H and O–H groups in total. The van der Waals surface area contributed by atoms with Gasteiger partial charge in [-0.05, 0) is 13.0 Å². The molecule has 0 saturated heterocycles. The monoisotopic (exact) mass is 274 g/mol. The van der Waals surface area contributed by atoms with Crippen LogP contribution >= 0.6 is 0 Å². The lowest BCUT2D eigenvalue weighted by Crippen LogP contribution is -1.99. The standard InChI is InChI=1S/C12H10N4O4/c1-7-5-13-11(19-7)6-14-12-15-9-4-8(16(17)18)2-3-10(9)20-12/h2-5H,6H2,1H3,(H,14,15). The van der Waals surface area contributed by atoms with Crippen molar-refractivity contribution < 1.29 is 13.8 Å². The van der Waals surface area contributed by atoms with Crippen molar-refractivity contribution in [3.05, 3.63) is 46.2 Å². The van der Waals surface area contributed by atoms with Gasteiger partial charge in [-0.15, -0.1) is 0 Å². The minimum atomic E-state index is -0.475. The molecule has 2 heterocycles. The first-order valence-electron chi connectivity index (χ1n) is 5.82. The number of nitro groups is 1. The molecular weight excluding hydrogens is 264 g/mol. The average Bonchev–Trinajstić information content (AvgIpc) is 3.00. The summed E-state index contributed by atoms with van der Waals surface area (Å²) in [5, 5.41) is 13.6. The van der Waals surface area contributed by atoms with Crippen LogP contribution in [0.4, 0.5) is 11.7 Å². The van der Waals surface area contributed by atoms with Crippen LogP contribution in [-0.2, 0) is 6.54 Å². The highest BCUT2D eigenvalue weighted by molar-refractivity contribution is 5.77. The summed E-state index contributed by atoms with van der Waals surface area (Å²) < 4.78 is 10.7. The maximum atomic E-state index is 10.7. The third-order valence-electron chi connectivity index (χ3n) is 2.64. The van der Waals surface area contributed by atoms with E-state index >= 15 is 0 Å². The van der Waals surface area contributed by atoms with Crippen LogP contribution in [0, 0.1) is 17.0 Å². The van der Waals surface area contributed by atoms with Gasteiger partial charge in [-0.3, -0.25) is 10.1 Å². The van der Waals surface area contributed by atoms with Crippen molar-refractivity contribution >= 4 is 22.8 Å². The third-order valence-corrected chi connectivity index (χ3v) is 2.64. The van der Waals surface area contributed by atoms with Gasteiger partial charge in [-0.25, -0.2) is 4.98 Å². The second kappa shape index (κ2) is 4.65. The van der Waals surface area contributed by atoms with E-state index in [1.54, 1.807) is 13.1 Å². The first-order valence-corrected chi connectivity index (χ1v) is 5.82. The molecule has 3 aromatic rings. The van der Waals surface area contributed by atoms with Crippen molar-refractivity contribution in [3.8, 4) is 0 Å². The van der Waals surface area contributed by atoms with Gasteiger partial charge < -0.3 is 14.2 Å². The lowest BCUT2D eigenvalue weighted by Gasteiger charge is -1.95. The molecule has 20 heavy (non-hydrogen) atoms. The number of anilines is 1. The van der Waals surface area contributed by atoms with Crippen LogP contribution in [0.1, 0.15) is 11.7 Å². The number of rotatable bonds is 4. The van der Waals surface area contributed by atoms with E-state index in [1.807, 2.05) is 0 Å². The molecule has 8 heteroatoms. The number of oxazole rings is 2. The van der Waals surface area contributed by atoms with Crippen molar-refractivity contribution in [2.24, 2.45) is 0 Å². The Balaban J connectivity index is 1.80. The Morgan fingerprint density at radius 1 is 1.40 bits per heavy atom. The molecule has 2 aromatic heterocycles. The molecule has 0 aliphatic heterocycles. The zero-order valence-electron chi connectivity index (χ0n) is 10.5. The summed E-state index contributed by atoms with van der Waals surface area (Å²) in [5.41, 5.74) is 0.868. The Kier molecular flexibility index (Phi) is 2.82. The molecule has 0 bridgehead atoms. The predicted molar refractivity (Wildman–Crippen MR) is 69.2 cm³/mol. The Morgan fingerprint density at radius 2 is 2.25 bits per heavy atom. The number of aromatic nitrogens is 2. The average molecular weight is 274 g/mol. The first-order chi connectivity index (χ1) is 9.61. The van der Waals surface area contributed by atoms with Crippen LogP contribution in [0.15, 0.2) is 33.2 Å². The predicted octanol–water partition coefficient (Wildman–Crippen LogP) is 2.64. The summed E-state index contributed by atoms with van der Waals surface area (Å²) >= 11 is 0. The minimum Gasteiger partial charge on any atom is -0.444 e. The van der Waals surface area contributed by atoms with E-state index in [4.69, 9.17) is 8.83 Å². The number of hydrogen-bond donors (Lipinski definition) is 1. The molecule has 1 aromatic carbocycles. The lowest BCUT2D eigenvalue weighted by molar-refractivity contribution is -0.384. The van der Waals surface area contributed by atoms with Gasteiger partial charge in [0.05, 0.1) is 17.7 Å². The van der Waals surface area contributed by atoms with Crippen molar-refractivity contribution in [3.63, 3.8) is 0 Å². The van der Waals surface area contributed by atoms with Crippen molar-refractivity contribution in [2.45, 2.75) is 13.5 Å². The van der Waals surface area contributed by atoms with Crippen LogP contribution in [0.2, 0.25) is 0 Å². The van der Waals surface area contributed by atoms with E-state index in [1.165, 1.54) is 18.2 Å². The summed E-state index contributed by atoms with van der Waals surface area (Å²) in [6.45, 7) is 2.12. The number of non-ortho nitro benzene ring substituents is 1. The first kappa shape index (κ1) is 12.2. The maximum absolute atomic E-state index is 10.7. The summed E-state index contributed by atoms with van der Waals surface area (Å²) in [6, 6.07) is 4.51. The van der Waals surface area contributed by atoms with E-state index in [2.05, 4.69) is 15.3 Å². The quantitative estimate of drug-likeness (QED) is 0.575. The smallest absolute Gasteiger partial charge is 0.296 e. The van der Waals surface area contributed by atoms with E-state index in [9.17, 15) is 10.1 Å². The molecule has 8 nitrogen and oxygen atoms in total. The lowest BCUT2D eigenvalue weighted by atomic mass is 10.3. The van der Waals surface area contributed by atoms with Gasteiger partial charge in [0, 0.05) is 12.1 Å². The van der Waals surface area contributed by atoms with Gasteiger partial charge in [-0.2, -0.15) is 4.98 Å². The van der Waals surface area contributed by atoms with Gasteiger partial charge in [0.1, 0.15) is 11.3 Å². The summed E-state index contributed by atoms with van der Waals surface area (Å²) in [6.07, 6.45) is 1.62. The van der Waals surface area contributed by atoms with Crippen LogP contribution in [0.5, 0.6) is 0 Å². The highest BCUT2D eigenvalue weighted by Crippen LogP contribution is 2.23. The number of nitrogens with zero attached hydrogens (tertiary/aromatic N) is 3. The molecule has 102 valence electrons. The summed E-state index contributed by atoms with van der Waals surface area (Å²) in [5.74, 6) is 1.23. The van der Waals surface area contributed by atoms with Crippen molar-refractivity contribution in [1.29, 1.82) is 0 Å². The van der Waals surface area contributed by atoms with E-state index in [0.717, 1.165) is 5.76 Å². The van der Waals surface area contributed by atoms with Gasteiger partial charge in [0.2, 0.25) is 5.89 Å². The van der Waals surface area contributed by atoms with Crippen LogP contribution < -0.4 is 5.32 Å². The zero-order valence-corrected chi connectivity index (χ0v) is 10.5. The number of benzene rings is 1. The van der Waals surface area contributed by atoms with Crippen molar-refractivity contribution in [1.82, 2.24) is 9.97 Å². The number of nitrogens with one attached hydrogen (secondary N) is 1. The summed E-state index contributed by atoms with van der Waals surface area (Å²) in [7, 11) is 0. The maximum Gasteiger partial charge on any atom is 0.296 e. The third kappa shape index (κ3) is 2.30. The SMILES string of the molecule is Cc1cnc(CNc2nc3cc([N+](=O)[O-])ccc3o2)o1. The zero-order chi connectivity index (χ0) is 14.1.